The molecule has 132 valence electrons. The largest absolute Gasteiger partial charge is 0.469 e. The first-order valence-corrected chi connectivity index (χ1v) is 7.59. The number of nitrogens with zero attached hydrogens (tertiary/aromatic N) is 2. The van der Waals surface area contributed by atoms with Gasteiger partial charge in [0.05, 0.1) is 31.5 Å². The summed E-state index contributed by atoms with van der Waals surface area (Å²) in [5, 5.41) is 13.6. The molecule has 0 bridgehead atoms. The summed E-state index contributed by atoms with van der Waals surface area (Å²) in [4.78, 5) is 36.1. The van der Waals surface area contributed by atoms with Gasteiger partial charge in [-0.15, -0.1) is 0 Å². The number of carbonyl (C=O) groups excluding carboxylic acids is 2. The fraction of sp³-hybridized carbons (Fsp3) is 0.533. The van der Waals surface area contributed by atoms with Gasteiger partial charge in [-0.25, -0.2) is 4.98 Å². The Labute approximate surface area is 139 Å². The van der Waals surface area contributed by atoms with Crippen LogP contribution < -0.4 is 5.32 Å². The summed E-state index contributed by atoms with van der Waals surface area (Å²) < 4.78 is 9.43. The van der Waals surface area contributed by atoms with E-state index in [4.69, 9.17) is 4.74 Å². The topological polar surface area (TPSA) is 121 Å². The first-order valence-electron chi connectivity index (χ1n) is 7.59. The lowest BCUT2D eigenvalue weighted by molar-refractivity contribution is -0.385. The highest BCUT2D eigenvalue weighted by Gasteiger charge is 2.07. The molecule has 1 rings (SSSR count). The minimum Gasteiger partial charge on any atom is -0.469 e. The van der Waals surface area contributed by atoms with Crippen molar-refractivity contribution in [1.82, 2.24) is 4.98 Å². The van der Waals surface area contributed by atoms with Crippen molar-refractivity contribution in [2.24, 2.45) is 0 Å². The number of carbonyl (C=O) groups is 2. The Balaban J connectivity index is 2.03. The van der Waals surface area contributed by atoms with Crippen molar-refractivity contribution in [3.05, 3.63) is 28.4 Å². The molecule has 0 aliphatic carbocycles. The van der Waals surface area contributed by atoms with E-state index < -0.39 is 16.9 Å². The number of nitrogens with one attached hydrogen (secondary N) is 1. The van der Waals surface area contributed by atoms with Crippen molar-refractivity contribution in [3.8, 4) is 0 Å². The van der Waals surface area contributed by atoms with Crippen LogP contribution in [0.5, 0.6) is 0 Å². The molecule has 0 saturated carbocycles. The van der Waals surface area contributed by atoms with Crippen molar-refractivity contribution in [2.45, 2.75) is 32.1 Å². The Hall–Kier alpha value is -2.71. The molecule has 1 heterocycles. The highest BCUT2D eigenvalue weighted by Crippen LogP contribution is 2.11. The number of esters is 2. The van der Waals surface area contributed by atoms with E-state index >= 15 is 0 Å². The number of pyridine rings is 1. The summed E-state index contributed by atoms with van der Waals surface area (Å²) in [6, 6.07) is 2.95. The molecule has 1 aromatic rings. The highest BCUT2D eigenvalue weighted by atomic mass is 16.6. The van der Waals surface area contributed by atoms with Crippen molar-refractivity contribution in [1.29, 1.82) is 0 Å². The maximum absolute atomic E-state index is 11.3. The van der Waals surface area contributed by atoms with E-state index in [0.29, 0.717) is 19.0 Å². The van der Waals surface area contributed by atoms with Gasteiger partial charge in [-0.1, -0.05) is 0 Å². The zero-order valence-corrected chi connectivity index (χ0v) is 13.5. The lowest BCUT2D eigenvalue weighted by Gasteiger charge is -2.06. The van der Waals surface area contributed by atoms with Crippen molar-refractivity contribution in [2.75, 3.05) is 25.6 Å². The van der Waals surface area contributed by atoms with Crippen LogP contribution in [-0.4, -0.2) is 42.1 Å². The quantitative estimate of drug-likeness (QED) is 0.281. The average molecular weight is 339 g/mol. The summed E-state index contributed by atoms with van der Waals surface area (Å²) in [7, 11) is 1.27. The Bertz CT molecular complexity index is 547. The van der Waals surface area contributed by atoms with Gasteiger partial charge in [0, 0.05) is 12.6 Å². The second-order valence-corrected chi connectivity index (χ2v) is 4.94. The van der Waals surface area contributed by atoms with Gasteiger partial charge in [-0.05, 0) is 25.3 Å². The maximum Gasteiger partial charge on any atom is 0.306 e. The molecule has 0 aromatic carbocycles. The second kappa shape index (κ2) is 10.9. The predicted octanol–water partition coefficient (Wildman–Crippen LogP) is 2.07. The molecule has 0 radical (unpaired) electrons. The average Bonchev–Trinajstić information content (AvgIpc) is 2.59. The molecule has 9 nitrogen and oxygen atoms in total. The molecule has 0 atom stereocenters. The van der Waals surface area contributed by atoms with Gasteiger partial charge in [0.2, 0.25) is 0 Å². The molecule has 0 spiro atoms. The second-order valence-electron chi connectivity index (χ2n) is 4.94. The third-order valence-corrected chi connectivity index (χ3v) is 3.11. The molecule has 9 heteroatoms. The summed E-state index contributed by atoms with van der Waals surface area (Å²) in [5.74, 6) is -0.263. The molecule has 0 amide bonds. The number of anilines is 1. The van der Waals surface area contributed by atoms with Crippen molar-refractivity contribution in [3.63, 3.8) is 0 Å². The zero-order valence-electron chi connectivity index (χ0n) is 13.5. The third-order valence-electron chi connectivity index (χ3n) is 3.11. The maximum atomic E-state index is 11.3. The van der Waals surface area contributed by atoms with E-state index in [1.807, 2.05) is 0 Å². The number of methoxy groups -OCH3 is 1. The highest BCUT2D eigenvalue weighted by molar-refractivity contribution is 5.77. The number of unbranched alkanes of at least 4 members (excludes halogenated alkanes) is 2. The number of hydrogen-bond donors (Lipinski definition) is 1. The van der Waals surface area contributed by atoms with E-state index in [2.05, 4.69) is 15.0 Å². The van der Waals surface area contributed by atoms with Crippen molar-refractivity contribution < 1.29 is 24.0 Å². The number of rotatable bonds is 11. The fourth-order valence-corrected chi connectivity index (χ4v) is 1.78. The van der Waals surface area contributed by atoms with E-state index in [-0.39, 0.29) is 18.5 Å². The molecule has 0 aliphatic heterocycles. The van der Waals surface area contributed by atoms with Crippen LogP contribution in [0.3, 0.4) is 0 Å². The summed E-state index contributed by atoms with van der Waals surface area (Å²) in [5.41, 5.74) is -0.0467. The minimum absolute atomic E-state index is 0.0278. The molecule has 1 N–H and O–H groups in total. The molecule has 1 aromatic heterocycles. The van der Waals surface area contributed by atoms with E-state index in [0.717, 1.165) is 19.3 Å². The number of hydrogen-bond acceptors (Lipinski definition) is 8. The Morgan fingerprint density at radius 1 is 1.21 bits per heavy atom. The molecular formula is C15H21N3O6. The molecule has 0 aliphatic rings. The van der Waals surface area contributed by atoms with Gasteiger partial charge < -0.3 is 14.8 Å². The van der Waals surface area contributed by atoms with Gasteiger partial charge in [-0.2, -0.15) is 0 Å². The van der Waals surface area contributed by atoms with Crippen LogP contribution >= 0.6 is 0 Å². The standard InChI is InChI=1S/C15H21N3O6/c1-23-14(19)7-8-15(20)24-10-4-2-3-9-16-13-6-5-12(11-17-13)18(21)22/h5-6,11H,2-4,7-10H2,1H3,(H,16,17). The molecular weight excluding hydrogens is 318 g/mol. The van der Waals surface area contributed by atoms with Crippen LogP contribution in [0.4, 0.5) is 11.5 Å². The van der Waals surface area contributed by atoms with Gasteiger partial charge in [-0.3, -0.25) is 19.7 Å². The van der Waals surface area contributed by atoms with Gasteiger partial charge >= 0.3 is 11.9 Å². The van der Waals surface area contributed by atoms with Crippen LogP contribution in [-0.2, 0) is 19.1 Å². The van der Waals surface area contributed by atoms with Crippen LogP contribution in [0.25, 0.3) is 0 Å². The normalized spacial score (nSPS) is 10.0. The summed E-state index contributed by atoms with van der Waals surface area (Å²) >= 11 is 0. The van der Waals surface area contributed by atoms with Crippen LogP contribution in [0.2, 0.25) is 0 Å². The fourth-order valence-electron chi connectivity index (χ4n) is 1.78. The van der Waals surface area contributed by atoms with Crippen LogP contribution in [0.1, 0.15) is 32.1 Å². The SMILES string of the molecule is COC(=O)CCC(=O)OCCCCCNc1ccc([N+](=O)[O-])cn1. The predicted molar refractivity (Wildman–Crippen MR) is 85.4 cm³/mol. The molecule has 0 fully saturated rings. The summed E-state index contributed by atoms with van der Waals surface area (Å²) in [6.07, 6.45) is 3.68. The van der Waals surface area contributed by atoms with E-state index in [1.165, 1.54) is 19.4 Å². The lowest BCUT2D eigenvalue weighted by Crippen LogP contribution is -2.10. The Morgan fingerprint density at radius 2 is 1.96 bits per heavy atom. The van der Waals surface area contributed by atoms with Gasteiger partial charge in [0.15, 0.2) is 0 Å². The molecule has 24 heavy (non-hydrogen) atoms. The van der Waals surface area contributed by atoms with Gasteiger partial charge in [0.1, 0.15) is 12.0 Å². The lowest BCUT2D eigenvalue weighted by atomic mass is 10.2. The molecule has 0 saturated heterocycles. The van der Waals surface area contributed by atoms with Crippen LogP contribution in [0.15, 0.2) is 18.3 Å². The monoisotopic (exact) mass is 339 g/mol. The zero-order chi connectivity index (χ0) is 17.8. The number of aromatic nitrogens is 1. The first-order chi connectivity index (χ1) is 11.5. The molecule has 0 unspecified atom stereocenters. The minimum atomic E-state index is -0.497. The first kappa shape index (κ1) is 19.3. The van der Waals surface area contributed by atoms with Gasteiger partial charge in [0.25, 0.3) is 5.69 Å². The smallest absolute Gasteiger partial charge is 0.306 e. The van der Waals surface area contributed by atoms with E-state index in [9.17, 15) is 19.7 Å². The van der Waals surface area contributed by atoms with Crippen LogP contribution in [0, 0.1) is 10.1 Å². The van der Waals surface area contributed by atoms with Crippen molar-refractivity contribution >= 4 is 23.4 Å². The summed E-state index contributed by atoms with van der Waals surface area (Å²) in [6.45, 7) is 0.983. The van der Waals surface area contributed by atoms with E-state index in [1.54, 1.807) is 6.07 Å². The number of nitro groups is 1. The Morgan fingerprint density at radius 3 is 2.58 bits per heavy atom. The Kier molecular flexibility index (Phi) is 8.80. The number of ether oxygens (including phenoxy) is 2. The third kappa shape index (κ3) is 8.06.